The Labute approximate surface area is 199 Å². The average Bonchev–Trinajstić information content (AvgIpc) is 3.14. The molecule has 1 saturated heterocycles. The zero-order valence-electron chi connectivity index (χ0n) is 19.4. The zero-order valence-corrected chi connectivity index (χ0v) is 21.0. The molecule has 1 aliphatic carbocycles. The quantitative estimate of drug-likeness (QED) is 0.629. The van der Waals surface area contributed by atoms with Crippen molar-refractivity contribution < 1.29 is 9.53 Å². The Bertz CT molecular complexity index is 985. The van der Waals surface area contributed by atoms with Gasteiger partial charge in [-0.15, -0.1) is 0 Å². The molecule has 3 heterocycles. The van der Waals surface area contributed by atoms with Gasteiger partial charge in [-0.3, -0.25) is 9.48 Å². The first-order valence-corrected chi connectivity index (χ1v) is 13.1. The van der Waals surface area contributed by atoms with Crippen LogP contribution in [0.15, 0.2) is 12.3 Å². The minimum absolute atomic E-state index is 0.0251. The van der Waals surface area contributed by atoms with Gasteiger partial charge in [0.2, 0.25) is 11.8 Å². The van der Waals surface area contributed by atoms with Gasteiger partial charge in [0.15, 0.2) is 0 Å². The van der Waals surface area contributed by atoms with Crippen LogP contribution in [0.25, 0.3) is 11.3 Å². The lowest BCUT2D eigenvalue weighted by atomic mass is 9.84. The highest BCUT2D eigenvalue weighted by atomic mass is 35.5. The number of nitrogens with zero attached hydrogens (tertiary/aromatic N) is 3. The van der Waals surface area contributed by atoms with Crippen LogP contribution in [-0.4, -0.2) is 44.3 Å². The van der Waals surface area contributed by atoms with E-state index in [9.17, 15) is 4.79 Å². The molecule has 0 spiro atoms. The van der Waals surface area contributed by atoms with Gasteiger partial charge < -0.3 is 10.1 Å². The Morgan fingerprint density at radius 1 is 1.41 bits per heavy atom. The van der Waals surface area contributed by atoms with Gasteiger partial charge in [0, 0.05) is 46.8 Å². The van der Waals surface area contributed by atoms with E-state index in [1.807, 2.05) is 24.8 Å². The molecule has 0 radical (unpaired) electrons. The van der Waals surface area contributed by atoms with Crippen LogP contribution < -0.4 is 10.1 Å². The van der Waals surface area contributed by atoms with Gasteiger partial charge in [0.05, 0.1) is 23.5 Å². The van der Waals surface area contributed by atoms with Crippen molar-refractivity contribution in [2.75, 3.05) is 18.1 Å². The van der Waals surface area contributed by atoms with Crippen LogP contribution in [0.4, 0.5) is 0 Å². The van der Waals surface area contributed by atoms with Gasteiger partial charge in [-0.25, -0.2) is 4.98 Å². The second kappa shape index (κ2) is 9.64. The summed E-state index contributed by atoms with van der Waals surface area (Å²) in [6.07, 6.45) is 6.05. The fraction of sp³-hybridized carbons (Fsp3) is 0.625. The molecule has 32 heavy (non-hydrogen) atoms. The number of halogens is 1. The molecule has 1 atom stereocenters. The van der Waals surface area contributed by atoms with Crippen LogP contribution in [0, 0.1) is 5.92 Å². The number of thioether (sulfide) groups is 1. The van der Waals surface area contributed by atoms with E-state index in [4.69, 9.17) is 21.4 Å². The van der Waals surface area contributed by atoms with Crippen LogP contribution >= 0.6 is 23.4 Å². The van der Waals surface area contributed by atoms with Crippen LogP contribution in [0.2, 0.25) is 5.02 Å². The standard InChI is InChI=1S/C24H33ClN4O2S/c1-5-31-21-13-18(19(25)14-26-21)22-17-7-6-16(12-20(17)29(28-22)15(2)3)23(30)27-24(4)8-10-32-11-9-24/h13-16H,5-12H2,1-4H3,(H,27,30). The summed E-state index contributed by atoms with van der Waals surface area (Å²) >= 11 is 8.51. The molecule has 0 bridgehead atoms. The van der Waals surface area contributed by atoms with Gasteiger partial charge in [0.25, 0.3) is 0 Å². The van der Waals surface area contributed by atoms with E-state index in [0.717, 1.165) is 54.1 Å². The zero-order chi connectivity index (χ0) is 22.9. The van der Waals surface area contributed by atoms with Gasteiger partial charge in [-0.05, 0) is 64.9 Å². The second-order valence-electron chi connectivity index (χ2n) is 9.35. The number of carbonyl (C=O) groups is 1. The summed E-state index contributed by atoms with van der Waals surface area (Å²) < 4.78 is 7.66. The molecule has 1 aliphatic heterocycles. The molecule has 6 nitrogen and oxygen atoms in total. The van der Waals surface area contributed by atoms with Crippen LogP contribution in [0.3, 0.4) is 0 Å². The fourth-order valence-corrected chi connectivity index (χ4v) is 6.27. The van der Waals surface area contributed by atoms with Gasteiger partial charge >= 0.3 is 0 Å². The van der Waals surface area contributed by atoms with Crippen molar-refractivity contribution in [2.45, 2.75) is 71.4 Å². The normalized spacial score (nSPS) is 20.1. The van der Waals surface area contributed by atoms with Crippen LogP contribution in [-0.2, 0) is 17.6 Å². The third-order valence-corrected chi connectivity index (χ3v) is 7.85. The SMILES string of the molecule is CCOc1cc(-c2nn(C(C)C)c3c2CCC(C(=O)NC2(C)CCSCC2)C3)c(Cl)cn1. The number of amides is 1. The highest BCUT2D eigenvalue weighted by Gasteiger charge is 2.35. The molecule has 8 heteroatoms. The van der Waals surface area contributed by atoms with Gasteiger partial charge in [0.1, 0.15) is 0 Å². The molecule has 2 aromatic heterocycles. The Balaban J connectivity index is 1.62. The van der Waals surface area contributed by atoms with E-state index in [1.54, 1.807) is 6.20 Å². The van der Waals surface area contributed by atoms with E-state index >= 15 is 0 Å². The van der Waals surface area contributed by atoms with Crippen molar-refractivity contribution in [3.05, 3.63) is 28.5 Å². The summed E-state index contributed by atoms with van der Waals surface area (Å²) in [6.45, 7) is 8.92. The van der Waals surface area contributed by atoms with E-state index < -0.39 is 0 Å². The first-order valence-electron chi connectivity index (χ1n) is 11.6. The number of hydrogen-bond acceptors (Lipinski definition) is 5. The van der Waals surface area contributed by atoms with Crippen molar-refractivity contribution in [1.82, 2.24) is 20.1 Å². The third-order valence-electron chi connectivity index (χ3n) is 6.56. The van der Waals surface area contributed by atoms with E-state index in [2.05, 4.69) is 35.8 Å². The van der Waals surface area contributed by atoms with Crippen molar-refractivity contribution >= 4 is 29.3 Å². The maximum Gasteiger partial charge on any atom is 0.223 e. The Kier molecular flexibility index (Phi) is 7.06. The lowest BCUT2D eigenvalue weighted by Gasteiger charge is -2.36. The van der Waals surface area contributed by atoms with Crippen LogP contribution in [0.5, 0.6) is 5.88 Å². The van der Waals surface area contributed by atoms with E-state index in [0.29, 0.717) is 23.9 Å². The third kappa shape index (κ3) is 4.79. The number of aromatic nitrogens is 3. The van der Waals surface area contributed by atoms with Crippen molar-refractivity contribution in [1.29, 1.82) is 0 Å². The summed E-state index contributed by atoms with van der Waals surface area (Å²) in [5.41, 5.74) is 4.00. The molecule has 1 unspecified atom stereocenters. The Morgan fingerprint density at radius 3 is 2.84 bits per heavy atom. The average molecular weight is 477 g/mol. The fourth-order valence-electron chi connectivity index (χ4n) is 4.68. The maximum absolute atomic E-state index is 13.2. The minimum Gasteiger partial charge on any atom is -0.478 e. The van der Waals surface area contributed by atoms with E-state index in [-0.39, 0.29) is 23.4 Å². The number of fused-ring (bicyclic) bond motifs is 1. The van der Waals surface area contributed by atoms with E-state index in [1.165, 1.54) is 5.56 Å². The minimum atomic E-state index is -0.0771. The molecule has 2 aliphatic rings. The smallest absolute Gasteiger partial charge is 0.223 e. The second-order valence-corrected chi connectivity index (χ2v) is 11.0. The summed E-state index contributed by atoms with van der Waals surface area (Å²) in [5.74, 6) is 2.94. The van der Waals surface area contributed by atoms with Crippen molar-refractivity contribution in [3.63, 3.8) is 0 Å². The summed E-state index contributed by atoms with van der Waals surface area (Å²) in [7, 11) is 0. The Hall–Kier alpha value is -1.73. The number of ether oxygens (including phenoxy) is 1. The van der Waals surface area contributed by atoms with Crippen molar-refractivity contribution in [3.8, 4) is 17.1 Å². The molecule has 2 aromatic rings. The number of rotatable bonds is 6. The molecule has 4 rings (SSSR count). The highest BCUT2D eigenvalue weighted by Crippen LogP contribution is 2.38. The number of nitrogens with one attached hydrogen (secondary N) is 1. The molecule has 1 N–H and O–H groups in total. The van der Waals surface area contributed by atoms with Crippen molar-refractivity contribution in [2.24, 2.45) is 5.92 Å². The summed E-state index contributed by atoms with van der Waals surface area (Å²) in [6, 6.07) is 2.07. The summed E-state index contributed by atoms with van der Waals surface area (Å²) in [5, 5.41) is 8.91. The molecule has 174 valence electrons. The first-order chi connectivity index (χ1) is 15.3. The predicted molar refractivity (Wildman–Crippen MR) is 131 cm³/mol. The Morgan fingerprint density at radius 2 is 2.16 bits per heavy atom. The topological polar surface area (TPSA) is 69.0 Å². The largest absolute Gasteiger partial charge is 0.478 e. The lowest BCUT2D eigenvalue weighted by Crippen LogP contribution is -2.51. The van der Waals surface area contributed by atoms with Crippen LogP contribution in [0.1, 0.15) is 64.3 Å². The molecule has 0 aromatic carbocycles. The monoisotopic (exact) mass is 476 g/mol. The molecule has 1 fully saturated rings. The number of pyridine rings is 1. The predicted octanol–water partition coefficient (Wildman–Crippen LogP) is 5.08. The molecular weight excluding hydrogens is 444 g/mol. The molecule has 0 saturated carbocycles. The summed E-state index contributed by atoms with van der Waals surface area (Å²) in [4.78, 5) is 17.5. The number of carbonyl (C=O) groups excluding carboxylic acids is 1. The van der Waals surface area contributed by atoms with Gasteiger partial charge in [-0.1, -0.05) is 11.6 Å². The maximum atomic E-state index is 13.2. The molecule has 1 amide bonds. The highest BCUT2D eigenvalue weighted by molar-refractivity contribution is 7.99. The number of hydrogen-bond donors (Lipinski definition) is 1. The first kappa shape index (κ1) is 23.4. The lowest BCUT2D eigenvalue weighted by molar-refractivity contribution is -0.127. The van der Waals surface area contributed by atoms with Gasteiger partial charge in [-0.2, -0.15) is 16.9 Å². The molecular formula is C24H33ClN4O2S.